The number of nitrogens with one attached hydrogen (secondary N) is 2. The number of carbonyl (C=O) groups excluding carboxylic acids is 3. The standard InChI is InChI=1S/C23H29N3O5/c1-2-9-18(24)21(28)22(29)25-14-19(27)26-20(17-12-7-4-8-13-17)23(30)31-15-16-10-5-3-6-11-16/h3-8,10-13,18,20-21,28H,2,9,14-15,24H2,1H3,(H,25,29)(H,26,27)/t18?,20-,21?/m0/s1. The molecule has 2 rings (SSSR count). The third kappa shape index (κ3) is 7.84. The van der Waals surface area contributed by atoms with E-state index in [4.69, 9.17) is 10.5 Å². The van der Waals surface area contributed by atoms with Crippen LogP contribution in [0.5, 0.6) is 0 Å². The smallest absolute Gasteiger partial charge is 0.333 e. The molecule has 166 valence electrons. The van der Waals surface area contributed by atoms with Gasteiger partial charge in [-0.1, -0.05) is 74.0 Å². The van der Waals surface area contributed by atoms with E-state index in [2.05, 4.69) is 10.6 Å². The number of ether oxygens (including phenoxy) is 1. The maximum Gasteiger partial charge on any atom is 0.333 e. The Morgan fingerprint density at radius 2 is 1.65 bits per heavy atom. The molecule has 0 heterocycles. The van der Waals surface area contributed by atoms with Crippen molar-refractivity contribution in [3.63, 3.8) is 0 Å². The Morgan fingerprint density at radius 3 is 2.26 bits per heavy atom. The summed E-state index contributed by atoms with van der Waals surface area (Å²) in [5, 5.41) is 14.8. The molecule has 0 spiro atoms. The largest absolute Gasteiger partial charge is 0.459 e. The van der Waals surface area contributed by atoms with Crippen molar-refractivity contribution in [2.24, 2.45) is 5.73 Å². The second-order valence-electron chi connectivity index (χ2n) is 7.12. The van der Waals surface area contributed by atoms with Gasteiger partial charge in [-0.25, -0.2) is 4.79 Å². The van der Waals surface area contributed by atoms with Crippen LogP contribution in [0.3, 0.4) is 0 Å². The number of hydrogen-bond donors (Lipinski definition) is 4. The third-order valence-electron chi connectivity index (χ3n) is 4.62. The summed E-state index contributed by atoms with van der Waals surface area (Å²) in [6.45, 7) is 1.54. The molecule has 5 N–H and O–H groups in total. The first-order valence-corrected chi connectivity index (χ1v) is 10.2. The van der Waals surface area contributed by atoms with Crippen molar-refractivity contribution in [3.05, 3.63) is 71.8 Å². The van der Waals surface area contributed by atoms with Gasteiger partial charge in [0.25, 0.3) is 5.91 Å². The molecular weight excluding hydrogens is 398 g/mol. The summed E-state index contributed by atoms with van der Waals surface area (Å²) in [5.74, 6) is -1.96. The van der Waals surface area contributed by atoms with Crippen LogP contribution < -0.4 is 16.4 Å². The van der Waals surface area contributed by atoms with Gasteiger partial charge in [0.2, 0.25) is 5.91 Å². The molecule has 8 heteroatoms. The van der Waals surface area contributed by atoms with Crippen LogP contribution in [0.4, 0.5) is 0 Å². The van der Waals surface area contributed by atoms with Gasteiger partial charge >= 0.3 is 5.97 Å². The van der Waals surface area contributed by atoms with E-state index in [0.717, 1.165) is 12.0 Å². The second kappa shape index (κ2) is 12.5. The summed E-state index contributed by atoms with van der Waals surface area (Å²) >= 11 is 0. The number of rotatable bonds is 11. The van der Waals surface area contributed by atoms with Crippen LogP contribution in [0.2, 0.25) is 0 Å². The maximum absolute atomic E-state index is 12.7. The van der Waals surface area contributed by atoms with Gasteiger partial charge in [0.1, 0.15) is 12.7 Å². The minimum Gasteiger partial charge on any atom is -0.459 e. The Hall–Kier alpha value is -3.23. The number of aliphatic hydroxyl groups is 1. The van der Waals surface area contributed by atoms with E-state index in [9.17, 15) is 19.5 Å². The van der Waals surface area contributed by atoms with E-state index in [-0.39, 0.29) is 6.61 Å². The summed E-state index contributed by atoms with van der Waals surface area (Å²) in [7, 11) is 0. The van der Waals surface area contributed by atoms with Gasteiger partial charge in [0, 0.05) is 6.04 Å². The second-order valence-corrected chi connectivity index (χ2v) is 7.12. The Morgan fingerprint density at radius 1 is 1.03 bits per heavy atom. The van der Waals surface area contributed by atoms with Gasteiger partial charge in [0.05, 0.1) is 6.54 Å². The van der Waals surface area contributed by atoms with Gasteiger partial charge in [-0.15, -0.1) is 0 Å². The number of benzene rings is 2. The zero-order valence-corrected chi connectivity index (χ0v) is 17.5. The molecule has 0 aliphatic carbocycles. The minimum absolute atomic E-state index is 0.0666. The molecule has 8 nitrogen and oxygen atoms in total. The summed E-state index contributed by atoms with van der Waals surface area (Å²) in [6, 6.07) is 16.1. The first-order valence-electron chi connectivity index (χ1n) is 10.2. The van der Waals surface area contributed by atoms with E-state index >= 15 is 0 Å². The van der Waals surface area contributed by atoms with Crippen molar-refractivity contribution in [1.82, 2.24) is 10.6 Å². The molecule has 0 bridgehead atoms. The highest BCUT2D eigenvalue weighted by atomic mass is 16.5. The van der Waals surface area contributed by atoms with Crippen LogP contribution >= 0.6 is 0 Å². The van der Waals surface area contributed by atoms with Crippen molar-refractivity contribution in [2.45, 2.75) is 44.6 Å². The van der Waals surface area contributed by atoms with Crippen LogP contribution in [-0.2, 0) is 25.7 Å². The fourth-order valence-electron chi connectivity index (χ4n) is 2.91. The minimum atomic E-state index is -1.41. The molecule has 2 aromatic rings. The predicted molar refractivity (Wildman–Crippen MR) is 115 cm³/mol. The third-order valence-corrected chi connectivity index (χ3v) is 4.62. The summed E-state index contributed by atoms with van der Waals surface area (Å²) in [4.78, 5) is 37.1. The highest BCUT2D eigenvalue weighted by molar-refractivity contribution is 5.90. The van der Waals surface area contributed by atoms with Crippen molar-refractivity contribution in [2.75, 3.05) is 6.54 Å². The zero-order chi connectivity index (χ0) is 22.6. The highest BCUT2D eigenvalue weighted by Gasteiger charge is 2.26. The molecule has 0 saturated carbocycles. The van der Waals surface area contributed by atoms with E-state index in [1.165, 1.54) is 0 Å². The van der Waals surface area contributed by atoms with Crippen LogP contribution in [0.1, 0.15) is 36.9 Å². The van der Waals surface area contributed by atoms with Gasteiger partial charge in [-0.2, -0.15) is 0 Å². The average molecular weight is 428 g/mol. The molecule has 31 heavy (non-hydrogen) atoms. The lowest BCUT2D eigenvalue weighted by molar-refractivity contribution is -0.149. The summed E-state index contributed by atoms with van der Waals surface area (Å²) in [5.41, 5.74) is 7.10. The number of amides is 2. The van der Waals surface area contributed by atoms with Gasteiger partial charge in [-0.3, -0.25) is 9.59 Å². The highest BCUT2D eigenvalue weighted by Crippen LogP contribution is 2.15. The fourth-order valence-corrected chi connectivity index (χ4v) is 2.91. The molecule has 2 unspecified atom stereocenters. The first-order chi connectivity index (χ1) is 14.9. The van der Waals surface area contributed by atoms with Crippen LogP contribution in [-0.4, -0.2) is 41.6 Å². The lowest BCUT2D eigenvalue weighted by Gasteiger charge is -2.20. The average Bonchev–Trinajstić information content (AvgIpc) is 2.80. The van der Waals surface area contributed by atoms with E-state index in [1.54, 1.807) is 30.3 Å². The van der Waals surface area contributed by atoms with Crippen molar-refractivity contribution in [1.29, 1.82) is 0 Å². The van der Waals surface area contributed by atoms with E-state index in [0.29, 0.717) is 12.0 Å². The van der Waals surface area contributed by atoms with Gasteiger partial charge in [0.15, 0.2) is 6.04 Å². The molecule has 0 aliphatic heterocycles. The topological polar surface area (TPSA) is 131 Å². The van der Waals surface area contributed by atoms with Gasteiger partial charge < -0.3 is 26.2 Å². The van der Waals surface area contributed by atoms with Gasteiger partial charge in [-0.05, 0) is 17.5 Å². The van der Waals surface area contributed by atoms with Crippen molar-refractivity contribution in [3.8, 4) is 0 Å². The molecular formula is C23H29N3O5. The van der Waals surface area contributed by atoms with Crippen LogP contribution in [0.15, 0.2) is 60.7 Å². The predicted octanol–water partition coefficient (Wildman–Crippen LogP) is 1.19. The number of carbonyl (C=O) groups is 3. The molecule has 0 radical (unpaired) electrons. The zero-order valence-electron chi connectivity index (χ0n) is 17.5. The normalized spacial score (nSPS) is 13.5. The molecule has 3 atom stereocenters. The number of nitrogens with two attached hydrogens (primary N) is 1. The summed E-state index contributed by atoms with van der Waals surface area (Å²) < 4.78 is 5.37. The van der Waals surface area contributed by atoms with E-state index < -0.39 is 42.5 Å². The first kappa shape index (κ1) is 24.0. The van der Waals surface area contributed by atoms with Crippen LogP contribution in [0.25, 0.3) is 0 Å². The SMILES string of the molecule is CCCC(N)C(O)C(=O)NCC(=O)N[C@H](C(=O)OCc1ccccc1)c1ccccc1. The molecule has 0 aliphatic rings. The Balaban J connectivity index is 1.97. The lowest BCUT2D eigenvalue weighted by Crippen LogP contribution is -2.49. The van der Waals surface area contributed by atoms with Crippen LogP contribution in [0, 0.1) is 0 Å². The molecule has 0 aromatic heterocycles. The van der Waals surface area contributed by atoms with Crippen molar-refractivity contribution < 1.29 is 24.2 Å². The lowest BCUT2D eigenvalue weighted by atomic mass is 10.1. The van der Waals surface area contributed by atoms with E-state index in [1.807, 2.05) is 37.3 Å². The Bertz CT molecular complexity index is 845. The molecule has 2 amide bonds. The number of esters is 1. The van der Waals surface area contributed by atoms with Crippen molar-refractivity contribution >= 4 is 17.8 Å². The summed E-state index contributed by atoms with van der Waals surface area (Å²) in [6.07, 6.45) is -0.214. The number of aliphatic hydroxyl groups excluding tert-OH is 1. The Labute approximate surface area is 181 Å². The quantitative estimate of drug-likeness (QED) is 0.399. The fraction of sp³-hybridized carbons (Fsp3) is 0.348. The molecule has 0 saturated heterocycles. The number of hydrogen-bond acceptors (Lipinski definition) is 6. The molecule has 2 aromatic carbocycles. The monoisotopic (exact) mass is 427 g/mol. The Kier molecular flexibility index (Phi) is 9.67. The molecule has 0 fully saturated rings. The maximum atomic E-state index is 12.7.